The SMILES string of the molecule is CC(=O)N1CCC[C@H]1c1nc2ccc(-c3ccc4c(ccc5nc([C@@H]6CCCN6OC(C)(C)C)[nH]c54)c3)cc2[nH]1. The summed E-state index contributed by atoms with van der Waals surface area (Å²) in [5.74, 6) is 1.96. The van der Waals surface area contributed by atoms with Crippen LogP contribution in [0.4, 0.5) is 0 Å². The van der Waals surface area contributed by atoms with Crippen molar-refractivity contribution in [3.8, 4) is 11.1 Å². The predicted octanol–water partition coefficient (Wildman–Crippen LogP) is 6.81. The summed E-state index contributed by atoms with van der Waals surface area (Å²) in [5, 5.41) is 4.43. The van der Waals surface area contributed by atoms with Crippen LogP contribution in [0.5, 0.6) is 0 Å². The first kappa shape index (κ1) is 25.2. The molecule has 0 saturated carbocycles. The summed E-state index contributed by atoms with van der Waals surface area (Å²) < 4.78 is 0. The number of amides is 1. The first-order valence-corrected chi connectivity index (χ1v) is 14.4. The van der Waals surface area contributed by atoms with Gasteiger partial charge in [0.1, 0.15) is 11.6 Å². The highest BCUT2D eigenvalue weighted by Gasteiger charge is 2.33. The molecule has 40 heavy (non-hydrogen) atoms. The second-order valence-corrected chi connectivity index (χ2v) is 12.2. The van der Waals surface area contributed by atoms with E-state index >= 15 is 0 Å². The molecule has 1 amide bonds. The maximum atomic E-state index is 12.1. The Labute approximate surface area is 233 Å². The number of benzene rings is 3. The minimum absolute atomic E-state index is 0.0343. The van der Waals surface area contributed by atoms with Crippen molar-refractivity contribution in [3.05, 3.63) is 60.2 Å². The number of aromatic nitrogens is 4. The zero-order valence-corrected chi connectivity index (χ0v) is 23.6. The van der Waals surface area contributed by atoms with Crippen LogP contribution in [-0.4, -0.2) is 54.5 Å². The summed E-state index contributed by atoms with van der Waals surface area (Å²) in [6.45, 7) is 9.63. The van der Waals surface area contributed by atoms with Crippen LogP contribution in [0.15, 0.2) is 48.5 Å². The molecular weight excluding hydrogens is 500 g/mol. The van der Waals surface area contributed by atoms with Gasteiger partial charge in [-0.1, -0.05) is 24.3 Å². The number of hydrogen-bond acceptors (Lipinski definition) is 5. The van der Waals surface area contributed by atoms with Crippen LogP contribution < -0.4 is 0 Å². The lowest BCUT2D eigenvalue weighted by Crippen LogP contribution is -2.33. The number of rotatable bonds is 4. The molecule has 8 heteroatoms. The number of aromatic amines is 2. The molecule has 0 bridgehead atoms. The molecule has 5 aromatic rings. The summed E-state index contributed by atoms with van der Waals surface area (Å²) in [7, 11) is 0. The molecule has 8 nitrogen and oxygen atoms in total. The Kier molecular flexibility index (Phi) is 5.94. The Morgan fingerprint density at radius 1 is 0.875 bits per heavy atom. The van der Waals surface area contributed by atoms with Crippen LogP contribution >= 0.6 is 0 Å². The van der Waals surface area contributed by atoms with Crippen molar-refractivity contribution in [1.29, 1.82) is 0 Å². The molecule has 0 spiro atoms. The molecule has 4 heterocycles. The normalized spacial score (nSPS) is 20.4. The van der Waals surface area contributed by atoms with Crippen molar-refractivity contribution in [2.45, 2.75) is 71.1 Å². The fourth-order valence-electron chi connectivity index (χ4n) is 6.44. The number of hydrogen-bond donors (Lipinski definition) is 2. The number of fused-ring (bicyclic) bond motifs is 4. The lowest BCUT2D eigenvalue weighted by molar-refractivity contribution is -0.238. The fraction of sp³-hybridized carbons (Fsp3) is 0.406. The number of nitrogens with one attached hydrogen (secondary N) is 2. The standard InChI is InChI=1S/C32H36N6O2/c1-19(39)37-15-5-7-27(37)30-33-24-13-10-21(18-26(24)35-30)20-9-12-23-22(17-20)11-14-25-29(23)36-31(34-25)28-8-6-16-38(28)40-32(2,3)4/h9-14,17-18,27-28H,5-8,15-16H2,1-4H3,(H,33,35)(H,34,36)/t27-,28-/m0/s1. The Morgan fingerprint density at radius 2 is 1.57 bits per heavy atom. The molecular formula is C32H36N6O2. The van der Waals surface area contributed by atoms with Crippen molar-refractivity contribution < 1.29 is 9.63 Å². The van der Waals surface area contributed by atoms with E-state index in [9.17, 15) is 4.79 Å². The van der Waals surface area contributed by atoms with Crippen molar-refractivity contribution in [1.82, 2.24) is 29.9 Å². The van der Waals surface area contributed by atoms with E-state index in [4.69, 9.17) is 14.8 Å². The molecule has 0 aliphatic carbocycles. The second kappa shape index (κ2) is 9.42. The van der Waals surface area contributed by atoms with E-state index in [2.05, 4.69) is 84.3 Å². The zero-order chi connectivity index (χ0) is 27.6. The van der Waals surface area contributed by atoms with Crippen LogP contribution in [-0.2, 0) is 9.63 Å². The van der Waals surface area contributed by atoms with Gasteiger partial charge in [-0.2, -0.15) is 5.06 Å². The van der Waals surface area contributed by atoms with Gasteiger partial charge in [0.05, 0.1) is 39.8 Å². The number of imidazole rings is 2. The molecule has 7 rings (SSSR count). The smallest absolute Gasteiger partial charge is 0.220 e. The number of carbonyl (C=O) groups excluding carboxylic acids is 1. The summed E-state index contributed by atoms with van der Waals surface area (Å²) in [6.07, 6.45) is 4.09. The van der Waals surface area contributed by atoms with Crippen LogP contribution in [0.1, 0.15) is 77.1 Å². The van der Waals surface area contributed by atoms with E-state index in [1.54, 1.807) is 6.92 Å². The molecule has 2 aliphatic rings. The highest BCUT2D eigenvalue weighted by atomic mass is 16.7. The van der Waals surface area contributed by atoms with Crippen LogP contribution in [0.25, 0.3) is 44.0 Å². The molecule has 0 radical (unpaired) electrons. The molecule has 2 aromatic heterocycles. The van der Waals surface area contributed by atoms with Crippen LogP contribution in [0, 0.1) is 0 Å². The largest absolute Gasteiger partial charge is 0.340 e. The molecule has 2 aliphatic heterocycles. The summed E-state index contributed by atoms with van der Waals surface area (Å²) in [6, 6.07) is 17.4. The third kappa shape index (κ3) is 4.45. The lowest BCUT2D eigenvalue weighted by atomic mass is 10.0. The van der Waals surface area contributed by atoms with Crippen molar-refractivity contribution in [3.63, 3.8) is 0 Å². The summed E-state index contributed by atoms with van der Waals surface area (Å²) >= 11 is 0. The number of hydroxylamine groups is 2. The van der Waals surface area contributed by atoms with Gasteiger partial charge in [-0.15, -0.1) is 0 Å². The average molecular weight is 537 g/mol. The molecule has 2 N–H and O–H groups in total. The van der Waals surface area contributed by atoms with Crippen LogP contribution in [0.2, 0.25) is 0 Å². The molecule has 206 valence electrons. The second-order valence-electron chi connectivity index (χ2n) is 12.2. The van der Waals surface area contributed by atoms with Gasteiger partial charge in [0.25, 0.3) is 0 Å². The molecule has 3 aromatic carbocycles. The van der Waals surface area contributed by atoms with Gasteiger partial charge < -0.3 is 14.9 Å². The quantitative estimate of drug-likeness (QED) is 0.263. The Morgan fingerprint density at radius 3 is 2.40 bits per heavy atom. The minimum Gasteiger partial charge on any atom is -0.340 e. The van der Waals surface area contributed by atoms with E-state index in [1.807, 2.05) is 4.90 Å². The van der Waals surface area contributed by atoms with Gasteiger partial charge in [-0.05, 0) is 87.2 Å². The molecule has 2 fully saturated rings. The topological polar surface area (TPSA) is 90.1 Å². The van der Waals surface area contributed by atoms with E-state index in [1.165, 1.54) is 5.39 Å². The highest BCUT2D eigenvalue weighted by Crippen LogP contribution is 2.36. The number of carbonyl (C=O) groups is 1. The summed E-state index contributed by atoms with van der Waals surface area (Å²) in [5.41, 5.74) is 6.03. The Hall–Kier alpha value is -3.75. The highest BCUT2D eigenvalue weighted by molar-refractivity contribution is 6.05. The lowest BCUT2D eigenvalue weighted by Gasteiger charge is -2.30. The van der Waals surface area contributed by atoms with E-state index in [0.29, 0.717) is 0 Å². The summed E-state index contributed by atoms with van der Waals surface area (Å²) in [4.78, 5) is 37.2. The van der Waals surface area contributed by atoms with Crippen molar-refractivity contribution >= 4 is 38.7 Å². The van der Waals surface area contributed by atoms with Crippen molar-refractivity contribution in [2.24, 2.45) is 0 Å². The first-order valence-electron chi connectivity index (χ1n) is 14.4. The maximum absolute atomic E-state index is 12.1. The number of nitrogens with zero attached hydrogens (tertiary/aromatic N) is 4. The Bertz CT molecular complexity index is 1750. The van der Waals surface area contributed by atoms with Gasteiger partial charge >= 0.3 is 0 Å². The van der Waals surface area contributed by atoms with Gasteiger partial charge in [-0.25, -0.2) is 9.97 Å². The average Bonchev–Trinajstić information content (AvgIpc) is 3.71. The Balaban J connectivity index is 1.20. The molecule has 2 saturated heterocycles. The number of likely N-dealkylation sites (tertiary alicyclic amines) is 1. The van der Waals surface area contributed by atoms with Gasteiger partial charge in [0, 0.05) is 25.4 Å². The van der Waals surface area contributed by atoms with Crippen molar-refractivity contribution in [2.75, 3.05) is 13.1 Å². The van der Waals surface area contributed by atoms with E-state index in [-0.39, 0.29) is 23.6 Å². The van der Waals surface area contributed by atoms with Gasteiger partial charge in [0.15, 0.2) is 0 Å². The molecule has 2 atom stereocenters. The molecule has 0 unspecified atom stereocenters. The minimum atomic E-state index is -0.232. The monoisotopic (exact) mass is 536 g/mol. The van der Waals surface area contributed by atoms with Gasteiger partial charge in [0.2, 0.25) is 5.91 Å². The first-order chi connectivity index (χ1) is 19.2. The zero-order valence-electron chi connectivity index (χ0n) is 23.6. The fourth-order valence-corrected chi connectivity index (χ4v) is 6.44. The number of H-pyrrole nitrogens is 2. The third-order valence-electron chi connectivity index (χ3n) is 8.21. The van der Waals surface area contributed by atoms with Gasteiger partial charge in [-0.3, -0.25) is 9.63 Å². The maximum Gasteiger partial charge on any atom is 0.220 e. The van der Waals surface area contributed by atoms with E-state index < -0.39 is 0 Å². The van der Waals surface area contributed by atoms with Crippen LogP contribution in [0.3, 0.4) is 0 Å². The van der Waals surface area contributed by atoms with E-state index in [0.717, 1.165) is 89.0 Å². The third-order valence-corrected chi connectivity index (χ3v) is 8.21. The predicted molar refractivity (Wildman–Crippen MR) is 158 cm³/mol.